The summed E-state index contributed by atoms with van der Waals surface area (Å²) >= 11 is 0. The number of hydrogen-bond acceptors (Lipinski definition) is 6. The molecule has 0 fully saturated rings. The molecule has 0 saturated carbocycles. The fraction of sp³-hybridized carbons (Fsp3) is 0.0909. The summed E-state index contributed by atoms with van der Waals surface area (Å²) in [6, 6.07) is 23.1. The molecule has 0 radical (unpaired) electrons. The summed E-state index contributed by atoms with van der Waals surface area (Å²) in [6.45, 7) is 2.41. The molecule has 0 atom stereocenters. The monoisotopic (exact) mass is 372 g/mol. The largest absolute Gasteiger partial charge is 0.467 e. The van der Waals surface area contributed by atoms with Crippen molar-refractivity contribution in [3.8, 4) is 11.5 Å². The van der Waals surface area contributed by atoms with Gasteiger partial charge in [-0.05, 0) is 43.3 Å². The third kappa shape index (κ3) is 4.48. The lowest BCUT2D eigenvalue weighted by Crippen LogP contribution is -2.05. The molecule has 0 bridgehead atoms. The minimum absolute atomic E-state index is 0.552. The molecular formula is C22H20N4O2. The maximum atomic E-state index is 6.00. The van der Waals surface area contributed by atoms with Gasteiger partial charge in [0.2, 0.25) is 0 Å². The third-order valence-electron chi connectivity index (χ3n) is 3.98. The Morgan fingerprint density at radius 3 is 2.50 bits per heavy atom. The Bertz CT molecular complexity index is 1030. The van der Waals surface area contributed by atoms with Gasteiger partial charge in [-0.3, -0.25) is 0 Å². The quantitative estimate of drug-likeness (QED) is 0.445. The van der Waals surface area contributed by atoms with Crippen LogP contribution in [0.15, 0.2) is 83.5 Å². The van der Waals surface area contributed by atoms with Crippen molar-refractivity contribution in [1.82, 2.24) is 9.97 Å². The number of benzene rings is 2. The number of ether oxygens (including phenoxy) is 1. The number of hydrogen-bond donors (Lipinski definition) is 2. The normalized spacial score (nSPS) is 10.5. The number of nitrogens with zero attached hydrogens (tertiary/aromatic N) is 2. The van der Waals surface area contributed by atoms with Gasteiger partial charge in [-0.15, -0.1) is 0 Å². The van der Waals surface area contributed by atoms with Crippen LogP contribution in [-0.4, -0.2) is 9.97 Å². The van der Waals surface area contributed by atoms with E-state index in [4.69, 9.17) is 9.15 Å². The highest BCUT2D eigenvalue weighted by molar-refractivity contribution is 5.66. The molecule has 0 aliphatic heterocycles. The Hall–Kier alpha value is -3.80. The lowest BCUT2D eigenvalue weighted by molar-refractivity contribution is 0.485. The van der Waals surface area contributed by atoms with Crippen LogP contribution in [0.4, 0.5) is 17.3 Å². The molecular weight excluding hydrogens is 352 g/mol. The van der Waals surface area contributed by atoms with E-state index in [2.05, 4.69) is 20.6 Å². The Morgan fingerprint density at radius 1 is 0.893 bits per heavy atom. The van der Waals surface area contributed by atoms with E-state index >= 15 is 0 Å². The highest BCUT2D eigenvalue weighted by atomic mass is 16.5. The van der Waals surface area contributed by atoms with Crippen LogP contribution in [0.2, 0.25) is 0 Å². The van der Waals surface area contributed by atoms with Crippen molar-refractivity contribution >= 4 is 17.3 Å². The minimum atomic E-state index is 0.552. The fourth-order valence-corrected chi connectivity index (χ4v) is 2.73. The van der Waals surface area contributed by atoms with Gasteiger partial charge in [0, 0.05) is 6.07 Å². The lowest BCUT2D eigenvalue weighted by Gasteiger charge is -2.13. The van der Waals surface area contributed by atoms with Crippen LogP contribution in [0.5, 0.6) is 11.5 Å². The van der Waals surface area contributed by atoms with Crippen LogP contribution in [0, 0.1) is 6.92 Å². The molecule has 4 aromatic rings. The molecule has 2 aromatic carbocycles. The van der Waals surface area contributed by atoms with Gasteiger partial charge in [0.05, 0.1) is 18.5 Å². The molecule has 0 aliphatic rings. The van der Waals surface area contributed by atoms with Crippen molar-refractivity contribution in [2.24, 2.45) is 0 Å². The number of para-hydroxylation sites is 3. The standard InChI is InChI=1S/C22H20N4O2/c1-16-24-21(23-15-18-10-7-13-27-18)14-22(25-16)26-19-11-5-6-12-20(19)28-17-8-3-2-4-9-17/h2-14H,15H2,1H3,(H2,23,24,25,26). The first-order valence-electron chi connectivity index (χ1n) is 8.97. The van der Waals surface area contributed by atoms with Crippen LogP contribution >= 0.6 is 0 Å². The maximum absolute atomic E-state index is 6.00. The Morgan fingerprint density at radius 2 is 1.68 bits per heavy atom. The molecule has 0 spiro atoms. The van der Waals surface area contributed by atoms with Gasteiger partial charge < -0.3 is 19.8 Å². The van der Waals surface area contributed by atoms with Crippen LogP contribution in [0.1, 0.15) is 11.6 Å². The zero-order valence-electron chi connectivity index (χ0n) is 15.4. The first kappa shape index (κ1) is 17.6. The number of furan rings is 1. The Kier molecular flexibility index (Phi) is 5.20. The summed E-state index contributed by atoms with van der Waals surface area (Å²) < 4.78 is 11.4. The Labute approximate surface area is 163 Å². The highest BCUT2D eigenvalue weighted by Gasteiger charge is 2.08. The predicted octanol–water partition coefficient (Wildman–Crippen LogP) is 5.53. The topological polar surface area (TPSA) is 72.2 Å². The molecule has 140 valence electrons. The molecule has 0 saturated heterocycles. The first-order valence-corrected chi connectivity index (χ1v) is 8.97. The molecule has 0 unspecified atom stereocenters. The van der Waals surface area contributed by atoms with Crippen molar-refractivity contribution in [3.63, 3.8) is 0 Å². The molecule has 4 rings (SSSR count). The Balaban J connectivity index is 1.52. The molecule has 2 aromatic heterocycles. The summed E-state index contributed by atoms with van der Waals surface area (Å²) in [6.07, 6.45) is 1.65. The fourth-order valence-electron chi connectivity index (χ4n) is 2.73. The van der Waals surface area contributed by atoms with E-state index < -0.39 is 0 Å². The number of aromatic nitrogens is 2. The molecule has 0 amide bonds. The summed E-state index contributed by atoms with van der Waals surface area (Å²) in [5.41, 5.74) is 0.821. The molecule has 28 heavy (non-hydrogen) atoms. The van der Waals surface area contributed by atoms with Gasteiger partial charge >= 0.3 is 0 Å². The van der Waals surface area contributed by atoms with Crippen LogP contribution in [-0.2, 0) is 6.54 Å². The summed E-state index contributed by atoms with van der Waals surface area (Å²) in [7, 11) is 0. The van der Waals surface area contributed by atoms with E-state index in [1.807, 2.05) is 79.7 Å². The van der Waals surface area contributed by atoms with Crippen LogP contribution in [0.3, 0.4) is 0 Å². The lowest BCUT2D eigenvalue weighted by atomic mass is 10.3. The van der Waals surface area contributed by atoms with Gasteiger partial charge in [0.1, 0.15) is 29.0 Å². The number of nitrogens with one attached hydrogen (secondary N) is 2. The second-order valence-corrected chi connectivity index (χ2v) is 6.15. The number of anilines is 3. The molecule has 2 heterocycles. The predicted molar refractivity (Wildman–Crippen MR) is 109 cm³/mol. The van der Waals surface area contributed by atoms with Gasteiger partial charge in [-0.25, -0.2) is 9.97 Å². The van der Waals surface area contributed by atoms with E-state index in [9.17, 15) is 0 Å². The average Bonchev–Trinajstić information content (AvgIpc) is 3.22. The molecule has 0 aliphatic carbocycles. The zero-order valence-corrected chi connectivity index (χ0v) is 15.4. The summed E-state index contributed by atoms with van der Waals surface area (Å²) in [5, 5.41) is 6.58. The van der Waals surface area contributed by atoms with E-state index in [0.717, 1.165) is 22.9 Å². The second kappa shape index (κ2) is 8.26. The molecule has 6 heteroatoms. The zero-order chi connectivity index (χ0) is 19.2. The van der Waals surface area contributed by atoms with Crippen molar-refractivity contribution in [1.29, 1.82) is 0 Å². The van der Waals surface area contributed by atoms with E-state index in [1.165, 1.54) is 0 Å². The highest BCUT2D eigenvalue weighted by Crippen LogP contribution is 2.31. The van der Waals surface area contributed by atoms with Crippen molar-refractivity contribution in [2.45, 2.75) is 13.5 Å². The minimum Gasteiger partial charge on any atom is -0.467 e. The van der Waals surface area contributed by atoms with Crippen LogP contribution in [0.25, 0.3) is 0 Å². The number of aryl methyl sites for hydroxylation is 1. The van der Waals surface area contributed by atoms with E-state index in [0.29, 0.717) is 24.0 Å². The van der Waals surface area contributed by atoms with Crippen LogP contribution < -0.4 is 15.4 Å². The van der Waals surface area contributed by atoms with Crippen molar-refractivity contribution in [2.75, 3.05) is 10.6 Å². The number of rotatable bonds is 7. The van der Waals surface area contributed by atoms with Crippen molar-refractivity contribution in [3.05, 3.63) is 90.6 Å². The smallest absolute Gasteiger partial charge is 0.150 e. The van der Waals surface area contributed by atoms with Gasteiger partial charge in [-0.1, -0.05) is 30.3 Å². The summed E-state index contributed by atoms with van der Waals surface area (Å²) in [4.78, 5) is 8.91. The van der Waals surface area contributed by atoms with E-state index in [1.54, 1.807) is 6.26 Å². The SMILES string of the molecule is Cc1nc(NCc2ccco2)cc(Nc2ccccc2Oc2ccccc2)n1. The van der Waals surface area contributed by atoms with Gasteiger partial charge in [0.25, 0.3) is 0 Å². The van der Waals surface area contributed by atoms with Gasteiger partial charge in [-0.2, -0.15) is 0 Å². The van der Waals surface area contributed by atoms with Gasteiger partial charge in [0.15, 0.2) is 5.75 Å². The summed E-state index contributed by atoms with van der Waals surface area (Å²) in [5.74, 6) is 4.39. The van der Waals surface area contributed by atoms with E-state index in [-0.39, 0.29) is 0 Å². The molecule has 6 nitrogen and oxygen atoms in total. The van der Waals surface area contributed by atoms with Crippen molar-refractivity contribution < 1.29 is 9.15 Å². The maximum Gasteiger partial charge on any atom is 0.150 e. The molecule has 2 N–H and O–H groups in total. The third-order valence-corrected chi connectivity index (χ3v) is 3.98. The second-order valence-electron chi connectivity index (χ2n) is 6.15. The average molecular weight is 372 g/mol. The first-order chi connectivity index (χ1) is 13.8.